The molecule has 3 aliphatic carbocycles. The largest absolute Gasteiger partial charge is 0.507 e. The molecule has 0 bridgehead atoms. The number of aliphatic hydroxyl groups is 1. The zero-order valence-electron chi connectivity index (χ0n) is 17.5. The number of hydrogen-bond acceptors (Lipinski definition) is 8. The fraction of sp³-hybridized carbons (Fsp3) is 0.500. The van der Waals surface area contributed by atoms with Gasteiger partial charge in [0.15, 0.2) is 23.0 Å². The number of aryl methyl sites for hydroxylation is 1. The Morgan fingerprint density at radius 1 is 1.26 bits per heavy atom. The number of carbonyl (C=O) groups is 4. The van der Waals surface area contributed by atoms with Crippen LogP contribution in [0.4, 0.5) is 0 Å². The third kappa shape index (κ3) is 2.66. The number of phenolic OH excluding ortho intramolecular Hbond substituents is 1. The van der Waals surface area contributed by atoms with Crippen LogP contribution in [0.2, 0.25) is 0 Å². The van der Waals surface area contributed by atoms with Gasteiger partial charge in [-0.05, 0) is 57.0 Å². The highest BCUT2D eigenvalue weighted by molar-refractivity contribution is 6.33. The van der Waals surface area contributed by atoms with E-state index in [1.165, 1.54) is 11.0 Å². The lowest BCUT2D eigenvalue weighted by atomic mass is 9.52. The molecule has 0 saturated heterocycles. The summed E-state index contributed by atoms with van der Waals surface area (Å²) in [5.74, 6) is -7.97. The van der Waals surface area contributed by atoms with Crippen LogP contribution in [-0.4, -0.2) is 69.8 Å². The highest BCUT2D eigenvalue weighted by Gasteiger charge is 2.67. The van der Waals surface area contributed by atoms with Crippen LogP contribution < -0.4 is 5.73 Å². The number of nitrogens with one attached hydrogen (secondary N) is 1. The molecule has 4 rings (SSSR count). The minimum atomic E-state index is -2.46. The number of nitrogens with two attached hydrogens (primary N) is 1. The maximum atomic E-state index is 13.6. The predicted octanol–water partition coefficient (Wildman–Crippen LogP) is -0.374. The first-order valence-electron chi connectivity index (χ1n) is 10.1. The van der Waals surface area contributed by atoms with Gasteiger partial charge in [0.1, 0.15) is 11.7 Å². The molecule has 0 aromatic heterocycles. The summed E-state index contributed by atoms with van der Waals surface area (Å²) in [6.45, 7) is 1.81. The molecule has 2 saturated carbocycles. The lowest BCUT2D eigenvalue weighted by Gasteiger charge is -2.53. The smallest absolute Gasteiger partial charge is 0.233 e. The fourth-order valence-electron chi connectivity index (χ4n) is 5.81. The first-order chi connectivity index (χ1) is 14.4. The molecule has 164 valence electrons. The van der Waals surface area contributed by atoms with E-state index < -0.39 is 64.3 Å². The Bertz CT molecular complexity index is 1060. The number of phenols is 1. The van der Waals surface area contributed by atoms with Crippen molar-refractivity contribution in [1.29, 1.82) is 5.41 Å². The van der Waals surface area contributed by atoms with Gasteiger partial charge in [0.2, 0.25) is 5.91 Å². The molecule has 0 radical (unpaired) electrons. The summed E-state index contributed by atoms with van der Waals surface area (Å²) < 4.78 is 0. The van der Waals surface area contributed by atoms with Crippen LogP contribution in [0.15, 0.2) is 12.1 Å². The molecule has 3 aliphatic rings. The molecule has 0 heterocycles. The molecule has 2 fully saturated rings. The monoisotopic (exact) mass is 427 g/mol. The SMILES string of the molecule is Cc1ccc(O)c2c1CC1CC3C(N(C)C)C(=O)C(C(N)=O)C(=N)C3(O)C(=O)C1C2=O. The Balaban J connectivity index is 1.88. The number of benzene rings is 1. The van der Waals surface area contributed by atoms with Gasteiger partial charge in [-0.1, -0.05) is 6.07 Å². The predicted molar refractivity (Wildman–Crippen MR) is 109 cm³/mol. The van der Waals surface area contributed by atoms with E-state index in [1.807, 2.05) is 6.92 Å². The van der Waals surface area contributed by atoms with Gasteiger partial charge < -0.3 is 21.4 Å². The molecular weight excluding hydrogens is 402 g/mol. The molecule has 31 heavy (non-hydrogen) atoms. The second-order valence-corrected chi connectivity index (χ2v) is 9.09. The number of rotatable bonds is 2. The zero-order chi connectivity index (χ0) is 23.0. The Kier molecular flexibility index (Phi) is 4.68. The van der Waals surface area contributed by atoms with Crippen molar-refractivity contribution in [3.8, 4) is 5.75 Å². The summed E-state index contributed by atoms with van der Waals surface area (Å²) in [7, 11) is 3.19. The van der Waals surface area contributed by atoms with Crippen LogP contribution in [0, 0.1) is 36.0 Å². The Hall–Kier alpha value is -2.91. The molecule has 1 aromatic carbocycles. The third-order valence-corrected chi connectivity index (χ3v) is 7.24. The number of primary amides is 1. The van der Waals surface area contributed by atoms with Gasteiger partial charge in [-0.25, -0.2) is 0 Å². The lowest BCUT2D eigenvalue weighted by Crippen LogP contribution is -2.73. The molecule has 0 spiro atoms. The van der Waals surface area contributed by atoms with Crippen LogP contribution in [0.1, 0.15) is 27.9 Å². The van der Waals surface area contributed by atoms with Crippen LogP contribution in [0.3, 0.4) is 0 Å². The molecule has 9 nitrogen and oxygen atoms in total. The van der Waals surface area contributed by atoms with Gasteiger partial charge in [0.25, 0.3) is 0 Å². The minimum absolute atomic E-state index is 0.0608. The van der Waals surface area contributed by atoms with Crippen molar-refractivity contribution in [2.45, 2.75) is 31.4 Å². The van der Waals surface area contributed by atoms with Gasteiger partial charge in [-0.3, -0.25) is 24.1 Å². The van der Waals surface area contributed by atoms with Gasteiger partial charge in [-0.15, -0.1) is 0 Å². The summed E-state index contributed by atoms with van der Waals surface area (Å²) in [4.78, 5) is 53.5. The minimum Gasteiger partial charge on any atom is -0.507 e. The Morgan fingerprint density at radius 2 is 1.90 bits per heavy atom. The number of Topliss-reactive ketones (excluding diaryl/α,β-unsaturated/α-hetero) is 3. The summed E-state index contributed by atoms with van der Waals surface area (Å²) in [5.41, 5.74) is 3.65. The number of likely N-dealkylation sites (N-methyl/N-ethyl adjacent to an activating group) is 1. The summed E-state index contributed by atoms with van der Waals surface area (Å²) in [6.07, 6.45) is 0.459. The molecule has 6 atom stereocenters. The number of hydrogen-bond donors (Lipinski definition) is 4. The zero-order valence-corrected chi connectivity index (χ0v) is 17.5. The van der Waals surface area contributed by atoms with Crippen LogP contribution >= 0.6 is 0 Å². The van der Waals surface area contributed by atoms with Gasteiger partial charge in [-0.2, -0.15) is 0 Å². The van der Waals surface area contributed by atoms with Gasteiger partial charge in [0.05, 0.1) is 23.2 Å². The summed E-state index contributed by atoms with van der Waals surface area (Å²) >= 11 is 0. The van der Waals surface area contributed by atoms with Crippen LogP contribution in [-0.2, 0) is 20.8 Å². The van der Waals surface area contributed by atoms with E-state index in [4.69, 9.17) is 11.1 Å². The van der Waals surface area contributed by atoms with Crippen molar-refractivity contribution < 1.29 is 29.4 Å². The third-order valence-electron chi connectivity index (χ3n) is 7.24. The number of carbonyl (C=O) groups excluding carboxylic acids is 4. The molecule has 1 amide bonds. The fourth-order valence-corrected chi connectivity index (χ4v) is 5.81. The second-order valence-electron chi connectivity index (χ2n) is 9.09. The van der Waals surface area contributed by atoms with Crippen molar-refractivity contribution in [3.63, 3.8) is 0 Å². The summed E-state index contributed by atoms with van der Waals surface area (Å²) in [6, 6.07) is 2.08. The number of fused-ring (bicyclic) bond motifs is 3. The average Bonchev–Trinajstić information content (AvgIpc) is 2.67. The maximum absolute atomic E-state index is 13.6. The first kappa shape index (κ1) is 21.3. The van der Waals surface area contributed by atoms with E-state index in [2.05, 4.69) is 0 Å². The van der Waals surface area contributed by atoms with E-state index >= 15 is 0 Å². The Morgan fingerprint density at radius 3 is 2.48 bits per heavy atom. The highest BCUT2D eigenvalue weighted by atomic mass is 16.3. The number of aromatic hydroxyl groups is 1. The van der Waals surface area contributed by atoms with Crippen molar-refractivity contribution in [2.75, 3.05) is 14.1 Å². The molecule has 6 unspecified atom stereocenters. The normalized spacial score (nSPS) is 34.9. The number of nitrogens with zero attached hydrogens (tertiary/aromatic N) is 1. The second kappa shape index (κ2) is 6.80. The molecular formula is C22H25N3O6. The van der Waals surface area contributed by atoms with E-state index in [-0.39, 0.29) is 17.7 Å². The van der Waals surface area contributed by atoms with Crippen molar-refractivity contribution in [3.05, 3.63) is 28.8 Å². The summed E-state index contributed by atoms with van der Waals surface area (Å²) in [5, 5.41) is 30.2. The average molecular weight is 427 g/mol. The van der Waals surface area contributed by atoms with Crippen LogP contribution in [0.5, 0.6) is 5.75 Å². The van der Waals surface area contributed by atoms with Gasteiger partial charge in [0, 0.05) is 5.92 Å². The van der Waals surface area contributed by atoms with Crippen molar-refractivity contribution >= 4 is 29.0 Å². The molecule has 9 heteroatoms. The number of ketones is 3. The van der Waals surface area contributed by atoms with E-state index in [1.54, 1.807) is 20.2 Å². The van der Waals surface area contributed by atoms with Crippen molar-refractivity contribution in [2.24, 2.45) is 29.4 Å². The van der Waals surface area contributed by atoms with E-state index in [0.717, 1.165) is 5.56 Å². The standard InChI is InChI=1S/C22H25N3O6/c1-8-4-5-12(26)14-10(8)6-9-7-11-16(25(2)3)18(28)15(21(24)30)19(23)22(11,31)20(29)13(9)17(14)27/h4-5,9,11,13,15-16,23,26,31H,6-7H2,1-3H3,(H2,24,30). The number of amides is 1. The van der Waals surface area contributed by atoms with E-state index in [9.17, 15) is 29.4 Å². The van der Waals surface area contributed by atoms with Gasteiger partial charge >= 0.3 is 0 Å². The molecule has 0 aliphatic heterocycles. The topological polar surface area (TPSA) is 162 Å². The highest BCUT2D eigenvalue weighted by Crippen LogP contribution is 2.50. The quantitative estimate of drug-likeness (QED) is 0.468. The van der Waals surface area contributed by atoms with E-state index in [0.29, 0.717) is 12.0 Å². The Labute approximate surface area is 178 Å². The lowest BCUT2D eigenvalue weighted by molar-refractivity contribution is -0.157. The molecule has 5 N–H and O–H groups in total. The first-order valence-corrected chi connectivity index (χ1v) is 10.1. The molecule has 1 aromatic rings. The van der Waals surface area contributed by atoms with Crippen molar-refractivity contribution in [1.82, 2.24) is 4.90 Å². The maximum Gasteiger partial charge on any atom is 0.233 e. The van der Waals surface area contributed by atoms with Crippen LogP contribution in [0.25, 0.3) is 0 Å².